The van der Waals surface area contributed by atoms with Crippen molar-refractivity contribution in [3.8, 4) is 0 Å². The molecule has 0 bridgehead atoms. The molecule has 0 aliphatic carbocycles. The molecule has 6 heteroatoms. The van der Waals surface area contributed by atoms with Gasteiger partial charge in [0.15, 0.2) is 0 Å². The number of halogens is 1. The van der Waals surface area contributed by atoms with Crippen molar-refractivity contribution in [2.45, 2.75) is 6.10 Å². The van der Waals surface area contributed by atoms with Gasteiger partial charge in [-0.3, -0.25) is 0 Å². The molecule has 1 aromatic carbocycles. The Morgan fingerprint density at radius 2 is 2.29 bits per heavy atom. The lowest BCUT2D eigenvalue weighted by atomic mass is 10.1. The molecule has 0 heterocycles. The highest BCUT2D eigenvalue weighted by molar-refractivity contribution is 14.1. The minimum absolute atomic E-state index is 0.167. The van der Waals surface area contributed by atoms with E-state index in [0.29, 0.717) is 11.3 Å². The molecule has 0 saturated carbocycles. The van der Waals surface area contributed by atoms with Crippen LogP contribution in [-0.4, -0.2) is 42.5 Å². The SMILES string of the molecule is COC(=O)c1cccc(I)c1NCC(O)CO. The standard InChI is InChI=1S/C11H14INO4/c1-17-11(16)8-3-2-4-9(12)10(8)13-5-7(15)6-14/h2-4,7,13-15H,5-6H2,1H3. The number of hydrogen-bond acceptors (Lipinski definition) is 5. The summed E-state index contributed by atoms with van der Waals surface area (Å²) in [5, 5.41) is 20.9. The average molecular weight is 351 g/mol. The Hall–Kier alpha value is -0.860. The van der Waals surface area contributed by atoms with Crippen molar-refractivity contribution in [3.63, 3.8) is 0 Å². The molecule has 94 valence electrons. The van der Waals surface area contributed by atoms with Crippen molar-refractivity contribution in [2.75, 3.05) is 25.6 Å². The number of rotatable bonds is 5. The van der Waals surface area contributed by atoms with Crippen LogP contribution in [0.1, 0.15) is 10.4 Å². The fourth-order valence-corrected chi connectivity index (χ4v) is 1.96. The predicted octanol–water partition coefficient (Wildman–Crippen LogP) is 0.843. The molecule has 1 rings (SSSR count). The number of carbonyl (C=O) groups is 1. The molecule has 0 saturated heterocycles. The van der Waals surface area contributed by atoms with Crippen molar-refractivity contribution in [1.29, 1.82) is 0 Å². The third kappa shape index (κ3) is 3.83. The maximum Gasteiger partial charge on any atom is 0.340 e. The van der Waals surface area contributed by atoms with Gasteiger partial charge in [0.1, 0.15) is 0 Å². The number of nitrogens with one attached hydrogen (secondary N) is 1. The molecule has 0 aromatic heterocycles. The number of anilines is 1. The second kappa shape index (κ2) is 6.77. The predicted molar refractivity (Wildman–Crippen MR) is 72.1 cm³/mol. The smallest absolute Gasteiger partial charge is 0.340 e. The second-order valence-corrected chi connectivity index (χ2v) is 4.53. The van der Waals surface area contributed by atoms with Gasteiger partial charge in [-0.15, -0.1) is 0 Å². The fourth-order valence-electron chi connectivity index (χ4n) is 1.27. The van der Waals surface area contributed by atoms with Crippen molar-refractivity contribution in [3.05, 3.63) is 27.3 Å². The molecule has 0 aliphatic heterocycles. The van der Waals surface area contributed by atoms with Crippen LogP contribution in [0.15, 0.2) is 18.2 Å². The van der Waals surface area contributed by atoms with Crippen LogP contribution in [0.25, 0.3) is 0 Å². The van der Waals surface area contributed by atoms with Gasteiger partial charge in [-0.05, 0) is 34.7 Å². The Balaban J connectivity index is 2.92. The van der Waals surface area contributed by atoms with Gasteiger partial charge in [-0.25, -0.2) is 4.79 Å². The van der Waals surface area contributed by atoms with Gasteiger partial charge in [-0.2, -0.15) is 0 Å². The summed E-state index contributed by atoms with van der Waals surface area (Å²) >= 11 is 2.08. The van der Waals surface area contributed by atoms with Crippen LogP contribution in [0.4, 0.5) is 5.69 Å². The lowest BCUT2D eigenvalue weighted by Gasteiger charge is -2.14. The number of esters is 1. The fraction of sp³-hybridized carbons (Fsp3) is 0.364. The molecular weight excluding hydrogens is 337 g/mol. The number of para-hydroxylation sites is 1. The lowest BCUT2D eigenvalue weighted by Crippen LogP contribution is -2.24. The van der Waals surface area contributed by atoms with Crippen LogP contribution in [0.2, 0.25) is 0 Å². The van der Waals surface area contributed by atoms with Gasteiger partial charge in [0.05, 0.1) is 31.1 Å². The van der Waals surface area contributed by atoms with Gasteiger partial charge in [0.2, 0.25) is 0 Å². The summed E-state index contributed by atoms with van der Waals surface area (Å²) in [4.78, 5) is 11.5. The van der Waals surface area contributed by atoms with Gasteiger partial charge >= 0.3 is 5.97 Å². The summed E-state index contributed by atoms with van der Waals surface area (Å²) in [7, 11) is 1.31. The second-order valence-electron chi connectivity index (χ2n) is 3.37. The van der Waals surface area contributed by atoms with Crippen molar-refractivity contribution < 1.29 is 19.7 Å². The minimum atomic E-state index is -0.864. The molecule has 1 unspecified atom stereocenters. The maximum atomic E-state index is 11.5. The molecule has 0 fully saturated rings. The topological polar surface area (TPSA) is 78.8 Å². The van der Waals surface area contributed by atoms with Crippen LogP contribution in [-0.2, 0) is 4.74 Å². The summed E-state index contributed by atoms with van der Waals surface area (Å²) in [5.41, 5.74) is 1.01. The third-order valence-corrected chi connectivity index (χ3v) is 3.04. The van der Waals surface area contributed by atoms with Crippen molar-refractivity contribution in [2.24, 2.45) is 0 Å². The Bertz CT molecular complexity index is 397. The van der Waals surface area contributed by atoms with E-state index >= 15 is 0 Å². The first kappa shape index (κ1) is 14.2. The molecule has 0 spiro atoms. The first-order valence-corrected chi connectivity index (χ1v) is 6.07. The number of methoxy groups -OCH3 is 1. The average Bonchev–Trinajstić information content (AvgIpc) is 2.35. The van der Waals surface area contributed by atoms with E-state index in [0.717, 1.165) is 3.57 Å². The number of ether oxygens (including phenoxy) is 1. The van der Waals surface area contributed by atoms with Crippen molar-refractivity contribution >= 4 is 34.2 Å². The Morgan fingerprint density at radius 1 is 1.59 bits per heavy atom. The van der Waals surface area contributed by atoms with E-state index in [-0.39, 0.29) is 13.2 Å². The number of hydrogen-bond donors (Lipinski definition) is 3. The van der Waals surface area contributed by atoms with Gasteiger partial charge in [0, 0.05) is 10.1 Å². The van der Waals surface area contributed by atoms with E-state index in [2.05, 4.69) is 32.6 Å². The summed E-state index contributed by atoms with van der Waals surface area (Å²) < 4.78 is 5.51. The van der Waals surface area contributed by atoms with Gasteiger partial charge in [0.25, 0.3) is 0 Å². The summed E-state index contributed by atoms with van der Waals surface area (Å²) in [6.45, 7) is -0.162. The minimum Gasteiger partial charge on any atom is -0.465 e. The molecule has 0 aliphatic rings. The van der Waals surface area contributed by atoms with Crippen LogP contribution < -0.4 is 5.32 Å². The van der Waals surface area contributed by atoms with E-state index < -0.39 is 12.1 Å². The Labute approximate surface area is 113 Å². The third-order valence-electron chi connectivity index (χ3n) is 2.14. The summed E-state index contributed by atoms with van der Waals surface area (Å²) in [6.07, 6.45) is -0.864. The monoisotopic (exact) mass is 351 g/mol. The zero-order valence-corrected chi connectivity index (χ0v) is 11.5. The highest BCUT2D eigenvalue weighted by Gasteiger charge is 2.14. The highest BCUT2D eigenvalue weighted by Crippen LogP contribution is 2.23. The molecule has 5 nitrogen and oxygen atoms in total. The molecule has 0 amide bonds. The van der Waals surface area contributed by atoms with Crippen LogP contribution in [0.5, 0.6) is 0 Å². The number of aliphatic hydroxyl groups is 2. The quantitative estimate of drug-likeness (QED) is 0.541. The van der Waals surface area contributed by atoms with Crippen LogP contribution >= 0.6 is 22.6 Å². The number of aliphatic hydroxyl groups excluding tert-OH is 2. The van der Waals surface area contributed by atoms with E-state index in [1.807, 2.05) is 6.07 Å². The molecule has 17 heavy (non-hydrogen) atoms. The van der Waals surface area contributed by atoms with E-state index in [9.17, 15) is 9.90 Å². The van der Waals surface area contributed by atoms with E-state index in [4.69, 9.17) is 5.11 Å². The lowest BCUT2D eigenvalue weighted by molar-refractivity contribution is 0.0601. The Kier molecular flexibility index (Phi) is 5.66. The molecule has 1 atom stereocenters. The number of benzene rings is 1. The van der Waals surface area contributed by atoms with Gasteiger partial charge in [-0.1, -0.05) is 6.07 Å². The van der Waals surface area contributed by atoms with Crippen molar-refractivity contribution in [1.82, 2.24) is 0 Å². The first-order chi connectivity index (χ1) is 8.10. The van der Waals surface area contributed by atoms with Crippen LogP contribution in [0.3, 0.4) is 0 Å². The van der Waals surface area contributed by atoms with E-state index in [1.165, 1.54) is 7.11 Å². The summed E-state index contributed by atoms with van der Waals surface area (Å²) in [5.74, 6) is -0.440. The zero-order chi connectivity index (χ0) is 12.8. The molecular formula is C11H14INO4. The first-order valence-electron chi connectivity index (χ1n) is 4.99. The zero-order valence-electron chi connectivity index (χ0n) is 9.31. The van der Waals surface area contributed by atoms with E-state index in [1.54, 1.807) is 12.1 Å². The largest absolute Gasteiger partial charge is 0.465 e. The number of carbonyl (C=O) groups excluding carboxylic acids is 1. The molecule has 1 aromatic rings. The van der Waals surface area contributed by atoms with Crippen LogP contribution in [0, 0.1) is 3.57 Å². The van der Waals surface area contributed by atoms with Gasteiger partial charge < -0.3 is 20.3 Å². The molecule has 3 N–H and O–H groups in total. The maximum absolute atomic E-state index is 11.5. The normalized spacial score (nSPS) is 12.0. The Morgan fingerprint density at radius 3 is 2.88 bits per heavy atom. The molecule has 0 radical (unpaired) electrons. The highest BCUT2D eigenvalue weighted by atomic mass is 127. The summed E-state index contributed by atoms with van der Waals surface area (Å²) in [6, 6.07) is 5.23.